The van der Waals surface area contributed by atoms with Crippen LogP contribution in [0, 0.1) is 0 Å². The van der Waals surface area contributed by atoms with E-state index in [1.807, 2.05) is 0 Å². The van der Waals surface area contributed by atoms with Gasteiger partial charge in [-0.2, -0.15) is 13.2 Å². The summed E-state index contributed by atoms with van der Waals surface area (Å²) in [7, 11) is -3.58. The minimum atomic E-state index is -4.44. The standard InChI is InChI=1S/C11H14F3N3O3S/c12-11(13,14)8-2-4-9(5-3-8)17-10(18)16-6-1-7-21(15,19)20/h2-5H,1,6-7H2,(H2,15,19,20)(H2,16,17,18). The number of carbonyl (C=O) groups excluding carboxylic acids is 1. The quantitative estimate of drug-likeness (QED) is 0.715. The summed E-state index contributed by atoms with van der Waals surface area (Å²) in [6.07, 6.45) is -4.30. The number of rotatable bonds is 5. The van der Waals surface area contributed by atoms with E-state index in [1.54, 1.807) is 0 Å². The molecule has 4 N–H and O–H groups in total. The molecule has 0 aliphatic heterocycles. The zero-order valence-electron chi connectivity index (χ0n) is 10.8. The zero-order chi connectivity index (χ0) is 16.1. The van der Waals surface area contributed by atoms with Gasteiger partial charge in [0.25, 0.3) is 0 Å². The van der Waals surface area contributed by atoms with Crippen molar-refractivity contribution in [2.75, 3.05) is 17.6 Å². The number of halogens is 3. The predicted molar refractivity (Wildman–Crippen MR) is 71.1 cm³/mol. The molecule has 118 valence electrons. The Kier molecular flexibility index (Phi) is 5.55. The summed E-state index contributed by atoms with van der Waals surface area (Å²) in [6.45, 7) is 0.0723. The smallest absolute Gasteiger partial charge is 0.338 e. The van der Waals surface area contributed by atoms with Crippen LogP contribution in [-0.2, 0) is 16.2 Å². The molecule has 0 aliphatic carbocycles. The van der Waals surface area contributed by atoms with Gasteiger partial charge in [-0.15, -0.1) is 0 Å². The lowest BCUT2D eigenvalue weighted by Gasteiger charge is -2.09. The van der Waals surface area contributed by atoms with E-state index in [-0.39, 0.29) is 24.4 Å². The summed E-state index contributed by atoms with van der Waals surface area (Å²) in [6, 6.07) is 3.27. The molecular formula is C11H14F3N3O3S. The van der Waals surface area contributed by atoms with Gasteiger partial charge in [-0.05, 0) is 30.7 Å². The van der Waals surface area contributed by atoms with Crippen LogP contribution < -0.4 is 15.8 Å². The number of alkyl halides is 3. The van der Waals surface area contributed by atoms with Crippen molar-refractivity contribution in [3.63, 3.8) is 0 Å². The van der Waals surface area contributed by atoms with Gasteiger partial charge in [-0.25, -0.2) is 18.4 Å². The molecule has 0 aromatic heterocycles. The second kappa shape index (κ2) is 6.76. The van der Waals surface area contributed by atoms with Crippen LogP contribution in [0.2, 0.25) is 0 Å². The molecule has 0 fully saturated rings. The van der Waals surface area contributed by atoms with E-state index in [9.17, 15) is 26.4 Å². The van der Waals surface area contributed by atoms with Crippen molar-refractivity contribution in [3.05, 3.63) is 29.8 Å². The van der Waals surface area contributed by atoms with Crippen LogP contribution >= 0.6 is 0 Å². The van der Waals surface area contributed by atoms with Gasteiger partial charge in [-0.1, -0.05) is 0 Å². The predicted octanol–water partition coefficient (Wildman–Crippen LogP) is 1.51. The van der Waals surface area contributed by atoms with Gasteiger partial charge in [-0.3, -0.25) is 0 Å². The third kappa shape index (κ3) is 6.95. The number of urea groups is 1. The number of amides is 2. The maximum atomic E-state index is 12.3. The number of carbonyl (C=O) groups is 1. The first-order valence-corrected chi connectivity index (χ1v) is 7.52. The summed E-state index contributed by atoms with van der Waals surface area (Å²) in [5.41, 5.74) is -0.631. The Balaban J connectivity index is 2.41. The molecule has 0 heterocycles. The van der Waals surface area contributed by atoms with E-state index in [1.165, 1.54) is 0 Å². The number of hydrogen-bond donors (Lipinski definition) is 3. The molecule has 1 rings (SSSR count). The summed E-state index contributed by atoms with van der Waals surface area (Å²) in [4.78, 5) is 11.4. The Morgan fingerprint density at radius 2 is 1.76 bits per heavy atom. The van der Waals surface area contributed by atoms with Gasteiger partial charge in [0.05, 0.1) is 11.3 Å². The summed E-state index contributed by atoms with van der Waals surface area (Å²) in [5, 5.41) is 9.45. The van der Waals surface area contributed by atoms with Crippen LogP contribution in [0.1, 0.15) is 12.0 Å². The van der Waals surface area contributed by atoms with Crippen molar-refractivity contribution < 1.29 is 26.4 Å². The number of anilines is 1. The number of nitrogens with two attached hydrogens (primary N) is 1. The van der Waals surface area contributed by atoms with Crippen LogP contribution in [0.25, 0.3) is 0 Å². The van der Waals surface area contributed by atoms with E-state index < -0.39 is 27.8 Å². The minimum Gasteiger partial charge on any atom is -0.338 e. The normalized spacial score (nSPS) is 12.0. The number of primary sulfonamides is 1. The second-order valence-electron chi connectivity index (χ2n) is 4.18. The van der Waals surface area contributed by atoms with E-state index in [0.29, 0.717) is 0 Å². The van der Waals surface area contributed by atoms with Crippen molar-refractivity contribution in [1.82, 2.24) is 5.32 Å². The summed E-state index contributed by atoms with van der Waals surface area (Å²) < 4.78 is 58.2. The molecule has 2 amide bonds. The largest absolute Gasteiger partial charge is 0.416 e. The summed E-state index contributed by atoms with van der Waals surface area (Å²) in [5.74, 6) is -0.270. The van der Waals surface area contributed by atoms with Gasteiger partial charge < -0.3 is 10.6 Å². The zero-order valence-corrected chi connectivity index (χ0v) is 11.6. The highest BCUT2D eigenvalue weighted by Gasteiger charge is 2.29. The average molecular weight is 325 g/mol. The lowest BCUT2D eigenvalue weighted by atomic mass is 10.2. The molecule has 0 aliphatic rings. The first-order valence-electron chi connectivity index (χ1n) is 5.80. The van der Waals surface area contributed by atoms with Crippen molar-refractivity contribution in [1.29, 1.82) is 0 Å². The van der Waals surface area contributed by atoms with Gasteiger partial charge >= 0.3 is 12.2 Å². The minimum absolute atomic E-state index is 0.0723. The Labute approximate surface area is 119 Å². The molecule has 1 aromatic carbocycles. The molecular weight excluding hydrogens is 311 g/mol. The van der Waals surface area contributed by atoms with E-state index in [2.05, 4.69) is 10.6 Å². The van der Waals surface area contributed by atoms with Crippen molar-refractivity contribution in [2.24, 2.45) is 5.14 Å². The molecule has 0 saturated carbocycles. The average Bonchev–Trinajstić information content (AvgIpc) is 2.33. The molecule has 0 atom stereocenters. The van der Waals surface area contributed by atoms with Crippen molar-refractivity contribution >= 4 is 21.7 Å². The van der Waals surface area contributed by atoms with Gasteiger partial charge in [0.1, 0.15) is 0 Å². The first-order chi connectivity index (χ1) is 9.58. The molecule has 0 unspecified atom stereocenters. The highest BCUT2D eigenvalue weighted by molar-refractivity contribution is 7.89. The van der Waals surface area contributed by atoms with E-state index >= 15 is 0 Å². The number of hydrogen-bond acceptors (Lipinski definition) is 3. The molecule has 0 saturated heterocycles. The van der Waals surface area contributed by atoms with Crippen LogP contribution in [0.15, 0.2) is 24.3 Å². The number of nitrogens with one attached hydrogen (secondary N) is 2. The maximum Gasteiger partial charge on any atom is 0.416 e. The van der Waals surface area contributed by atoms with Gasteiger partial charge in [0.15, 0.2) is 0 Å². The highest BCUT2D eigenvalue weighted by atomic mass is 32.2. The van der Waals surface area contributed by atoms with Crippen molar-refractivity contribution in [3.8, 4) is 0 Å². The van der Waals surface area contributed by atoms with Crippen LogP contribution in [0.5, 0.6) is 0 Å². The molecule has 0 bridgehead atoms. The van der Waals surface area contributed by atoms with E-state index in [0.717, 1.165) is 24.3 Å². The Hall–Kier alpha value is -1.81. The fourth-order valence-corrected chi connectivity index (χ4v) is 1.94. The Morgan fingerprint density at radius 1 is 1.19 bits per heavy atom. The molecule has 6 nitrogen and oxygen atoms in total. The fourth-order valence-electron chi connectivity index (χ4n) is 1.39. The number of sulfonamides is 1. The first kappa shape index (κ1) is 17.2. The Morgan fingerprint density at radius 3 is 2.24 bits per heavy atom. The van der Waals surface area contributed by atoms with Crippen molar-refractivity contribution in [2.45, 2.75) is 12.6 Å². The third-order valence-electron chi connectivity index (χ3n) is 2.36. The molecule has 21 heavy (non-hydrogen) atoms. The topological polar surface area (TPSA) is 101 Å². The monoisotopic (exact) mass is 325 g/mol. The maximum absolute atomic E-state index is 12.3. The van der Waals surface area contributed by atoms with Crippen LogP contribution in [0.3, 0.4) is 0 Å². The molecule has 0 radical (unpaired) electrons. The molecule has 0 spiro atoms. The second-order valence-corrected chi connectivity index (χ2v) is 5.91. The van der Waals surface area contributed by atoms with Crippen LogP contribution in [-0.4, -0.2) is 26.7 Å². The third-order valence-corrected chi connectivity index (χ3v) is 3.22. The van der Waals surface area contributed by atoms with Crippen LogP contribution in [0.4, 0.5) is 23.7 Å². The summed E-state index contributed by atoms with van der Waals surface area (Å²) >= 11 is 0. The van der Waals surface area contributed by atoms with Gasteiger partial charge in [0.2, 0.25) is 10.0 Å². The molecule has 1 aromatic rings. The Bertz CT molecular complexity index is 585. The SMILES string of the molecule is NS(=O)(=O)CCCNC(=O)Nc1ccc(C(F)(F)F)cc1. The number of benzene rings is 1. The lowest BCUT2D eigenvalue weighted by Crippen LogP contribution is -2.31. The van der Waals surface area contributed by atoms with Gasteiger partial charge in [0, 0.05) is 12.2 Å². The lowest BCUT2D eigenvalue weighted by molar-refractivity contribution is -0.137. The van der Waals surface area contributed by atoms with E-state index in [4.69, 9.17) is 5.14 Å². The highest BCUT2D eigenvalue weighted by Crippen LogP contribution is 2.29. The fraction of sp³-hybridized carbons (Fsp3) is 0.364. The molecule has 10 heteroatoms.